The molecule has 0 spiro atoms. The van der Waals surface area contributed by atoms with E-state index in [1.54, 1.807) is 18.4 Å². The van der Waals surface area contributed by atoms with Gasteiger partial charge in [-0.15, -0.1) is 20.4 Å². The molecule has 4 aromatic rings. The molecule has 0 atom stereocenters. The highest BCUT2D eigenvalue weighted by Crippen LogP contribution is 2.26. The number of thioether (sulfide) groups is 1. The van der Waals surface area contributed by atoms with Crippen LogP contribution in [0.15, 0.2) is 56.7 Å². The van der Waals surface area contributed by atoms with Gasteiger partial charge in [0.15, 0.2) is 16.7 Å². The minimum Gasteiger partial charge on any atom is -0.461 e. The van der Waals surface area contributed by atoms with Crippen molar-refractivity contribution in [3.63, 3.8) is 0 Å². The number of benzene rings is 1. The molecule has 0 aliphatic heterocycles. The number of aromatic nitrogens is 5. The smallest absolute Gasteiger partial charge is 0.247 e. The summed E-state index contributed by atoms with van der Waals surface area (Å²) in [7, 11) is 1.88. The van der Waals surface area contributed by atoms with Crippen molar-refractivity contribution in [2.75, 3.05) is 0 Å². The topological polar surface area (TPSA) is 82.8 Å². The number of hydrogen-bond donors (Lipinski definition) is 0. The zero-order valence-electron chi connectivity index (χ0n) is 13.1. The van der Waals surface area contributed by atoms with E-state index < -0.39 is 0 Å². The van der Waals surface area contributed by atoms with E-state index in [-0.39, 0.29) is 0 Å². The van der Waals surface area contributed by atoms with Crippen LogP contribution in [0.1, 0.15) is 5.89 Å². The molecule has 0 aliphatic rings. The first-order chi connectivity index (χ1) is 12.2. The van der Waals surface area contributed by atoms with Crippen LogP contribution in [-0.2, 0) is 12.8 Å². The Bertz CT molecular complexity index is 979. The molecule has 1 aromatic carbocycles. The van der Waals surface area contributed by atoms with E-state index in [0.717, 1.165) is 10.7 Å². The molecule has 0 bridgehead atoms. The first-order valence-electron chi connectivity index (χ1n) is 7.35. The van der Waals surface area contributed by atoms with E-state index in [1.807, 2.05) is 35.9 Å². The maximum atomic E-state index is 5.88. The second-order valence-electron chi connectivity index (χ2n) is 5.14. The first-order valence-corrected chi connectivity index (χ1v) is 8.71. The summed E-state index contributed by atoms with van der Waals surface area (Å²) in [6, 6.07) is 10.9. The van der Waals surface area contributed by atoms with Gasteiger partial charge in [-0.2, -0.15) is 0 Å². The summed E-state index contributed by atoms with van der Waals surface area (Å²) < 4.78 is 12.9. The van der Waals surface area contributed by atoms with Crippen LogP contribution in [0.4, 0.5) is 0 Å². The third kappa shape index (κ3) is 3.31. The molecule has 9 heteroatoms. The Kier molecular flexibility index (Phi) is 4.29. The molecule has 0 radical (unpaired) electrons. The molecule has 4 rings (SSSR count). The summed E-state index contributed by atoms with van der Waals surface area (Å²) in [6.45, 7) is 0. The normalized spacial score (nSPS) is 11.1. The predicted octanol–water partition coefficient (Wildman–Crippen LogP) is 4.07. The SMILES string of the molecule is Cn1c(SCc2nnc(-c3ccc(Cl)cc3)o2)nnc1-c1ccco1. The molecular weight excluding hydrogens is 362 g/mol. The van der Waals surface area contributed by atoms with Gasteiger partial charge in [-0.1, -0.05) is 23.4 Å². The zero-order valence-corrected chi connectivity index (χ0v) is 14.7. The molecule has 126 valence electrons. The number of hydrogen-bond acceptors (Lipinski definition) is 7. The van der Waals surface area contributed by atoms with Gasteiger partial charge in [0, 0.05) is 17.6 Å². The molecular formula is C16H12ClN5O2S. The van der Waals surface area contributed by atoms with E-state index in [9.17, 15) is 0 Å². The van der Waals surface area contributed by atoms with E-state index in [4.69, 9.17) is 20.4 Å². The second kappa shape index (κ2) is 6.73. The molecule has 0 saturated heterocycles. The average molecular weight is 374 g/mol. The fraction of sp³-hybridized carbons (Fsp3) is 0.125. The molecule has 3 aromatic heterocycles. The van der Waals surface area contributed by atoms with Crippen LogP contribution < -0.4 is 0 Å². The number of rotatable bonds is 5. The minimum atomic E-state index is 0.460. The Morgan fingerprint density at radius 3 is 2.68 bits per heavy atom. The third-order valence-corrected chi connectivity index (χ3v) is 4.72. The first kappa shape index (κ1) is 15.9. The largest absolute Gasteiger partial charge is 0.461 e. The van der Waals surface area contributed by atoms with Gasteiger partial charge in [0.05, 0.1) is 12.0 Å². The van der Waals surface area contributed by atoms with E-state index in [1.165, 1.54) is 11.8 Å². The van der Waals surface area contributed by atoms with Crippen LogP contribution in [0, 0.1) is 0 Å². The van der Waals surface area contributed by atoms with Crippen molar-refractivity contribution >= 4 is 23.4 Å². The molecule has 0 fully saturated rings. The van der Waals surface area contributed by atoms with E-state index in [0.29, 0.717) is 34.1 Å². The van der Waals surface area contributed by atoms with E-state index in [2.05, 4.69) is 20.4 Å². The molecule has 3 heterocycles. The lowest BCUT2D eigenvalue weighted by Crippen LogP contribution is -1.94. The Morgan fingerprint density at radius 2 is 1.92 bits per heavy atom. The van der Waals surface area contributed by atoms with Gasteiger partial charge in [0.1, 0.15) is 0 Å². The summed E-state index contributed by atoms with van der Waals surface area (Å²) in [5.41, 5.74) is 0.826. The van der Waals surface area contributed by atoms with Crippen molar-refractivity contribution < 1.29 is 8.83 Å². The maximum absolute atomic E-state index is 5.88. The summed E-state index contributed by atoms with van der Waals surface area (Å²) in [5.74, 6) is 2.80. The molecule has 0 unspecified atom stereocenters. The van der Waals surface area contributed by atoms with Gasteiger partial charge < -0.3 is 13.4 Å². The highest BCUT2D eigenvalue weighted by molar-refractivity contribution is 7.98. The Labute approximate surface area is 152 Å². The van der Waals surface area contributed by atoms with E-state index >= 15 is 0 Å². The summed E-state index contributed by atoms with van der Waals surface area (Å²) in [5, 5.41) is 17.9. The fourth-order valence-electron chi connectivity index (χ4n) is 2.21. The maximum Gasteiger partial charge on any atom is 0.247 e. The zero-order chi connectivity index (χ0) is 17.2. The molecule has 7 nitrogen and oxygen atoms in total. The van der Waals surface area contributed by atoms with Crippen molar-refractivity contribution in [3.05, 3.63) is 53.6 Å². The number of nitrogens with zero attached hydrogens (tertiary/aromatic N) is 5. The molecule has 25 heavy (non-hydrogen) atoms. The van der Waals surface area contributed by atoms with Crippen LogP contribution in [0.25, 0.3) is 23.0 Å². The van der Waals surface area contributed by atoms with Gasteiger partial charge in [0.2, 0.25) is 11.8 Å². The lowest BCUT2D eigenvalue weighted by molar-refractivity contribution is 0.528. The minimum absolute atomic E-state index is 0.460. The number of furan rings is 1. The lowest BCUT2D eigenvalue weighted by atomic mass is 10.2. The molecule has 0 aliphatic carbocycles. The van der Waals surface area contributed by atoms with Crippen molar-refractivity contribution in [1.29, 1.82) is 0 Å². The van der Waals surface area contributed by atoms with Crippen LogP contribution >= 0.6 is 23.4 Å². The van der Waals surface area contributed by atoms with Crippen LogP contribution in [0.5, 0.6) is 0 Å². The monoisotopic (exact) mass is 373 g/mol. The number of halogens is 1. The molecule has 0 amide bonds. The Morgan fingerprint density at radius 1 is 1.08 bits per heavy atom. The van der Waals surface area contributed by atoms with Crippen LogP contribution in [0.3, 0.4) is 0 Å². The molecule has 0 N–H and O–H groups in total. The Hall–Kier alpha value is -2.58. The van der Waals surface area contributed by atoms with Crippen molar-refractivity contribution in [2.45, 2.75) is 10.9 Å². The fourth-order valence-corrected chi connectivity index (χ4v) is 3.08. The van der Waals surface area contributed by atoms with Gasteiger partial charge >= 0.3 is 0 Å². The third-order valence-electron chi connectivity index (χ3n) is 3.46. The highest BCUT2D eigenvalue weighted by atomic mass is 35.5. The molecule has 0 saturated carbocycles. The second-order valence-corrected chi connectivity index (χ2v) is 6.52. The average Bonchev–Trinajstić information content (AvgIpc) is 3.34. The van der Waals surface area contributed by atoms with Gasteiger partial charge in [-0.05, 0) is 36.4 Å². The van der Waals surface area contributed by atoms with Gasteiger partial charge in [0.25, 0.3) is 0 Å². The predicted molar refractivity (Wildman–Crippen MR) is 93.0 cm³/mol. The standard InChI is InChI=1S/C16H12ClN5O2S/c1-22-14(12-3-2-8-23-12)19-21-16(22)25-9-13-18-20-15(24-13)10-4-6-11(17)7-5-10/h2-8H,9H2,1H3. The van der Waals surface area contributed by atoms with Crippen LogP contribution in [0.2, 0.25) is 5.02 Å². The van der Waals surface area contributed by atoms with Gasteiger partial charge in [-0.25, -0.2) is 0 Å². The summed E-state index contributed by atoms with van der Waals surface area (Å²) >= 11 is 7.34. The van der Waals surface area contributed by atoms with Crippen molar-refractivity contribution in [3.8, 4) is 23.0 Å². The van der Waals surface area contributed by atoms with Crippen LogP contribution in [-0.4, -0.2) is 25.0 Å². The van der Waals surface area contributed by atoms with Crippen molar-refractivity contribution in [1.82, 2.24) is 25.0 Å². The van der Waals surface area contributed by atoms with Gasteiger partial charge in [-0.3, -0.25) is 0 Å². The Balaban J connectivity index is 1.46. The van der Waals surface area contributed by atoms with Crippen molar-refractivity contribution in [2.24, 2.45) is 7.05 Å². The highest BCUT2D eigenvalue weighted by Gasteiger charge is 2.15. The summed E-state index contributed by atoms with van der Waals surface area (Å²) in [6.07, 6.45) is 1.60. The summed E-state index contributed by atoms with van der Waals surface area (Å²) in [4.78, 5) is 0. The lowest BCUT2D eigenvalue weighted by Gasteiger charge is -2.00. The quantitative estimate of drug-likeness (QED) is 0.487.